The van der Waals surface area contributed by atoms with Crippen LogP contribution in [0.3, 0.4) is 0 Å². The van der Waals surface area contributed by atoms with Gasteiger partial charge in [-0.1, -0.05) is 18.5 Å². The monoisotopic (exact) mass is 372 g/mol. The van der Waals surface area contributed by atoms with Gasteiger partial charge < -0.3 is 10.6 Å². The summed E-state index contributed by atoms with van der Waals surface area (Å²) < 4.78 is 39.4. The van der Waals surface area contributed by atoms with E-state index in [0.29, 0.717) is 0 Å². The van der Waals surface area contributed by atoms with Crippen molar-refractivity contribution in [2.75, 3.05) is 5.32 Å². The maximum absolute atomic E-state index is 13.1. The number of rotatable bonds is 5. The second kappa shape index (κ2) is 7.69. The normalized spacial score (nSPS) is 12.6. The fraction of sp³-hybridized carbons (Fsp3) is 0.312. The summed E-state index contributed by atoms with van der Waals surface area (Å²) in [7, 11) is 0. The molecule has 134 valence electrons. The summed E-state index contributed by atoms with van der Waals surface area (Å²) in [5.74, 6) is -0.357. The van der Waals surface area contributed by atoms with Crippen molar-refractivity contribution in [1.29, 1.82) is 0 Å². The van der Waals surface area contributed by atoms with E-state index in [9.17, 15) is 18.0 Å². The quantitative estimate of drug-likeness (QED) is 0.815. The first kappa shape index (κ1) is 19.0. The molecule has 0 saturated heterocycles. The second-order valence-electron chi connectivity index (χ2n) is 5.38. The Morgan fingerprint density at radius 2 is 2.00 bits per heavy atom. The molecule has 2 aromatic rings. The number of benzene rings is 1. The average molecular weight is 373 g/mol. The first-order valence-corrected chi connectivity index (χ1v) is 7.85. The second-order valence-corrected chi connectivity index (χ2v) is 5.82. The van der Waals surface area contributed by atoms with E-state index in [-0.39, 0.29) is 28.3 Å². The van der Waals surface area contributed by atoms with E-state index in [2.05, 4.69) is 20.6 Å². The molecule has 0 bridgehead atoms. The molecule has 1 atom stereocenters. The molecule has 1 unspecified atom stereocenters. The summed E-state index contributed by atoms with van der Waals surface area (Å²) in [6.07, 6.45) is -2.74. The van der Waals surface area contributed by atoms with Crippen LogP contribution in [0.25, 0.3) is 0 Å². The number of carbonyl (C=O) groups excluding carboxylic acids is 1. The zero-order valence-electron chi connectivity index (χ0n) is 13.5. The minimum Gasteiger partial charge on any atom is -0.348 e. The maximum atomic E-state index is 13.1. The van der Waals surface area contributed by atoms with Crippen LogP contribution in [-0.4, -0.2) is 21.9 Å². The number of amides is 1. The van der Waals surface area contributed by atoms with E-state index >= 15 is 0 Å². The standard InChI is InChI=1S/C16H16ClF3N4O/c1-3-9(2)23-15(25)13-7-14(22-8-21-13)24-12-5-4-10(17)6-11(12)16(18,19)20/h4-9H,3H2,1-2H3,(H,23,25)(H,21,22,24). The van der Waals surface area contributed by atoms with Gasteiger partial charge in [-0.3, -0.25) is 4.79 Å². The van der Waals surface area contributed by atoms with Crippen LogP contribution in [0.15, 0.2) is 30.6 Å². The van der Waals surface area contributed by atoms with Crippen molar-refractivity contribution < 1.29 is 18.0 Å². The van der Waals surface area contributed by atoms with Gasteiger partial charge in [0.15, 0.2) is 0 Å². The number of hydrogen-bond acceptors (Lipinski definition) is 4. The molecule has 2 rings (SSSR count). The Balaban J connectivity index is 2.28. The van der Waals surface area contributed by atoms with E-state index < -0.39 is 17.6 Å². The van der Waals surface area contributed by atoms with Gasteiger partial charge in [-0.05, 0) is 31.5 Å². The Hall–Kier alpha value is -2.35. The van der Waals surface area contributed by atoms with Crippen LogP contribution in [0, 0.1) is 0 Å². The number of nitrogens with zero attached hydrogens (tertiary/aromatic N) is 2. The minimum absolute atomic E-state index is 0.0332. The third-order valence-electron chi connectivity index (χ3n) is 3.44. The molecule has 2 N–H and O–H groups in total. The van der Waals surface area contributed by atoms with Crippen molar-refractivity contribution in [2.45, 2.75) is 32.5 Å². The van der Waals surface area contributed by atoms with Crippen LogP contribution >= 0.6 is 11.6 Å². The number of alkyl halides is 3. The lowest BCUT2D eigenvalue weighted by Crippen LogP contribution is -2.32. The molecule has 25 heavy (non-hydrogen) atoms. The SMILES string of the molecule is CCC(C)NC(=O)c1cc(Nc2ccc(Cl)cc2C(F)(F)F)ncn1. The molecular formula is C16H16ClF3N4O. The molecular weight excluding hydrogens is 357 g/mol. The Labute approximate surface area is 147 Å². The number of nitrogens with one attached hydrogen (secondary N) is 2. The Kier molecular flexibility index (Phi) is 5.84. The van der Waals surface area contributed by atoms with E-state index in [4.69, 9.17) is 11.6 Å². The van der Waals surface area contributed by atoms with Crippen molar-refractivity contribution in [3.63, 3.8) is 0 Å². The Morgan fingerprint density at radius 3 is 2.64 bits per heavy atom. The molecule has 1 aromatic heterocycles. The molecule has 0 fully saturated rings. The summed E-state index contributed by atoms with van der Waals surface area (Å²) in [6, 6.07) is 4.59. The molecule has 1 amide bonds. The van der Waals surface area contributed by atoms with Crippen LogP contribution in [0.4, 0.5) is 24.7 Å². The summed E-state index contributed by atoms with van der Waals surface area (Å²) >= 11 is 5.65. The molecule has 1 heterocycles. The van der Waals surface area contributed by atoms with Gasteiger partial charge in [0, 0.05) is 17.1 Å². The Bertz CT molecular complexity index is 767. The van der Waals surface area contributed by atoms with Crippen molar-refractivity contribution in [1.82, 2.24) is 15.3 Å². The molecule has 0 aliphatic rings. The van der Waals surface area contributed by atoms with Gasteiger partial charge in [-0.2, -0.15) is 13.2 Å². The highest BCUT2D eigenvalue weighted by Crippen LogP contribution is 2.37. The zero-order chi connectivity index (χ0) is 18.6. The summed E-state index contributed by atoms with van der Waals surface area (Å²) in [5, 5.41) is 5.25. The predicted octanol–water partition coefficient (Wildman–Crippen LogP) is 4.42. The molecule has 0 aliphatic heterocycles. The topological polar surface area (TPSA) is 66.9 Å². The van der Waals surface area contributed by atoms with E-state index in [0.717, 1.165) is 18.8 Å². The Morgan fingerprint density at radius 1 is 1.28 bits per heavy atom. The zero-order valence-corrected chi connectivity index (χ0v) is 14.2. The first-order chi connectivity index (χ1) is 11.7. The van der Waals surface area contributed by atoms with E-state index in [1.807, 2.05) is 13.8 Å². The summed E-state index contributed by atoms with van der Waals surface area (Å²) in [5.41, 5.74) is -1.09. The predicted molar refractivity (Wildman–Crippen MR) is 89.0 cm³/mol. The van der Waals surface area contributed by atoms with Gasteiger partial charge in [-0.15, -0.1) is 0 Å². The van der Waals surface area contributed by atoms with Gasteiger partial charge in [0.25, 0.3) is 5.91 Å². The fourth-order valence-electron chi connectivity index (χ4n) is 1.95. The fourth-order valence-corrected chi connectivity index (χ4v) is 2.12. The number of aromatic nitrogens is 2. The lowest BCUT2D eigenvalue weighted by Gasteiger charge is -2.15. The van der Waals surface area contributed by atoms with Gasteiger partial charge in [0.05, 0.1) is 11.3 Å². The third kappa shape index (κ3) is 5.06. The van der Waals surface area contributed by atoms with Gasteiger partial charge in [0.2, 0.25) is 0 Å². The first-order valence-electron chi connectivity index (χ1n) is 7.47. The maximum Gasteiger partial charge on any atom is 0.418 e. The highest BCUT2D eigenvalue weighted by Gasteiger charge is 2.34. The summed E-state index contributed by atoms with van der Waals surface area (Å²) in [6.45, 7) is 3.75. The lowest BCUT2D eigenvalue weighted by atomic mass is 10.1. The van der Waals surface area contributed by atoms with Crippen LogP contribution < -0.4 is 10.6 Å². The number of halogens is 4. The highest BCUT2D eigenvalue weighted by molar-refractivity contribution is 6.30. The number of hydrogen-bond donors (Lipinski definition) is 2. The van der Waals surface area contributed by atoms with Gasteiger partial charge in [-0.25, -0.2) is 9.97 Å². The largest absolute Gasteiger partial charge is 0.418 e. The van der Waals surface area contributed by atoms with Crippen LogP contribution in [0.2, 0.25) is 5.02 Å². The average Bonchev–Trinajstić information content (AvgIpc) is 2.55. The lowest BCUT2D eigenvalue weighted by molar-refractivity contribution is -0.136. The molecule has 0 radical (unpaired) electrons. The summed E-state index contributed by atoms with van der Waals surface area (Å²) in [4.78, 5) is 19.8. The number of anilines is 2. The van der Waals surface area contributed by atoms with E-state index in [1.54, 1.807) is 0 Å². The van der Waals surface area contributed by atoms with Crippen molar-refractivity contribution in [3.05, 3.63) is 46.9 Å². The highest BCUT2D eigenvalue weighted by atomic mass is 35.5. The van der Waals surface area contributed by atoms with Crippen molar-refractivity contribution in [2.24, 2.45) is 0 Å². The number of carbonyl (C=O) groups is 1. The molecule has 1 aromatic carbocycles. The van der Waals surface area contributed by atoms with Gasteiger partial charge >= 0.3 is 6.18 Å². The van der Waals surface area contributed by atoms with Crippen LogP contribution in [0.1, 0.15) is 36.3 Å². The molecule has 5 nitrogen and oxygen atoms in total. The third-order valence-corrected chi connectivity index (χ3v) is 3.67. The van der Waals surface area contributed by atoms with Crippen LogP contribution in [-0.2, 0) is 6.18 Å². The molecule has 9 heteroatoms. The van der Waals surface area contributed by atoms with Gasteiger partial charge in [0.1, 0.15) is 17.8 Å². The van der Waals surface area contributed by atoms with Crippen LogP contribution in [0.5, 0.6) is 0 Å². The molecule has 0 aliphatic carbocycles. The smallest absolute Gasteiger partial charge is 0.348 e. The minimum atomic E-state index is -4.59. The molecule has 0 spiro atoms. The van der Waals surface area contributed by atoms with E-state index in [1.165, 1.54) is 18.2 Å². The van der Waals surface area contributed by atoms with Crippen molar-refractivity contribution >= 4 is 29.0 Å². The molecule has 0 saturated carbocycles. The van der Waals surface area contributed by atoms with Crippen molar-refractivity contribution in [3.8, 4) is 0 Å².